The number of anilines is 1. The number of fused-ring (bicyclic) bond motifs is 1. The summed E-state index contributed by atoms with van der Waals surface area (Å²) >= 11 is 6.44. The van der Waals surface area contributed by atoms with Crippen LogP contribution in [-0.2, 0) is 0 Å². The van der Waals surface area contributed by atoms with E-state index in [-0.39, 0.29) is 11.6 Å². The van der Waals surface area contributed by atoms with Gasteiger partial charge in [-0.25, -0.2) is 9.78 Å². The number of benzene rings is 1. The van der Waals surface area contributed by atoms with E-state index in [1.54, 1.807) is 25.1 Å². The summed E-state index contributed by atoms with van der Waals surface area (Å²) in [6.45, 7) is 5.34. The molecule has 0 amide bonds. The van der Waals surface area contributed by atoms with Gasteiger partial charge in [0.05, 0.1) is 16.1 Å². The lowest BCUT2D eigenvalue weighted by Gasteiger charge is -2.33. The third-order valence-electron chi connectivity index (χ3n) is 4.84. The van der Waals surface area contributed by atoms with Crippen LogP contribution in [0.25, 0.3) is 11.2 Å². The highest BCUT2D eigenvalue weighted by Crippen LogP contribution is 2.30. The maximum atomic E-state index is 11.3. The standard InChI is InChI=1S/C19H20ClN5O3/c1-11-3-4-12(9-13(11)18(26)27)28-19-21-15-10-14(20)17(22-16(15)23-19)25-7-5-24(2)6-8-25/h3-4,9-10H,5-8H2,1-2H3,(H,26,27)(H,21,22,23). The summed E-state index contributed by atoms with van der Waals surface area (Å²) in [5, 5.41) is 9.81. The van der Waals surface area contributed by atoms with E-state index in [1.807, 2.05) is 0 Å². The first-order valence-corrected chi connectivity index (χ1v) is 9.30. The van der Waals surface area contributed by atoms with E-state index in [0.717, 1.165) is 26.2 Å². The predicted molar refractivity (Wildman–Crippen MR) is 107 cm³/mol. The summed E-state index contributed by atoms with van der Waals surface area (Å²) in [4.78, 5) is 27.7. The van der Waals surface area contributed by atoms with E-state index >= 15 is 0 Å². The minimum atomic E-state index is -1.00. The molecule has 0 bridgehead atoms. The predicted octanol–water partition coefficient (Wildman–Crippen LogP) is 3.16. The van der Waals surface area contributed by atoms with E-state index in [0.29, 0.717) is 33.3 Å². The van der Waals surface area contributed by atoms with Crippen molar-refractivity contribution in [3.8, 4) is 11.8 Å². The number of hydrogen-bond donors (Lipinski definition) is 2. The molecule has 1 aliphatic heterocycles. The van der Waals surface area contributed by atoms with Crippen molar-refractivity contribution in [1.82, 2.24) is 19.9 Å². The number of aromatic amines is 1. The molecule has 146 valence electrons. The SMILES string of the molecule is Cc1ccc(Oc2nc3nc(N4CCN(C)CC4)c(Cl)cc3[nH]2)cc1C(=O)O. The van der Waals surface area contributed by atoms with Crippen molar-refractivity contribution >= 4 is 34.6 Å². The van der Waals surface area contributed by atoms with Crippen LogP contribution in [0.15, 0.2) is 24.3 Å². The largest absolute Gasteiger partial charge is 0.478 e. The first-order valence-electron chi connectivity index (χ1n) is 8.92. The Labute approximate surface area is 166 Å². The summed E-state index contributed by atoms with van der Waals surface area (Å²) in [6.07, 6.45) is 0. The number of nitrogens with zero attached hydrogens (tertiary/aromatic N) is 4. The van der Waals surface area contributed by atoms with Gasteiger partial charge in [0.2, 0.25) is 0 Å². The maximum Gasteiger partial charge on any atom is 0.336 e. The molecule has 0 saturated carbocycles. The molecule has 1 fully saturated rings. The third kappa shape index (κ3) is 3.61. The summed E-state index contributed by atoms with van der Waals surface area (Å²) in [7, 11) is 2.09. The monoisotopic (exact) mass is 401 g/mol. The fraction of sp³-hybridized carbons (Fsp3) is 0.316. The van der Waals surface area contributed by atoms with Gasteiger partial charge in [-0.3, -0.25) is 0 Å². The number of likely N-dealkylation sites (N-methyl/N-ethyl adjacent to an activating group) is 1. The Morgan fingerprint density at radius 2 is 1.96 bits per heavy atom. The zero-order valence-corrected chi connectivity index (χ0v) is 16.3. The number of aryl methyl sites for hydroxylation is 1. The van der Waals surface area contributed by atoms with E-state index in [4.69, 9.17) is 16.3 Å². The van der Waals surface area contributed by atoms with Crippen LogP contribution < -0.4 is 9.64 Å². The van der Waals surface area contributed by atoms with Crippen molar-refractivity contribution in [2.75, 3.05) is 38.1 Å². The first kappa shape index (κ1) is 18.5. The molecule has 2 N–H and O–H groups in total. The average molecular weight is 402 g/mol. The fourth-order valence-electron chi connectivity index (χ4n) is 3.18. The molecule has 28 heavy (non-hydrogen) atoms. The lowest BCUT2D eigenvalue weighted by molar-refractivity contribution is 0.0695. The third-order valence-corrected chi connectivity index (χ3v) is 5.12. The van der Waals surface area contributed by atoms with Crippen LogP contribution in [-0.4, -0.2) is 64.2 Å². The second-order valence-corrected chi connectivity index (χ2v) is 7.29. The molecule has 0 spiro atoms. The molecule has 0 aliphatic carbocycles. The molecule has 2 aromatic heterocycles. The van der Waals surface area contributed by atoms with Gasteiger partial charge in [0.1, 0.15) is 11.6 Å². The number of carboxylic acid groups (broad SMARTS) is 1. The van der Waals surface area contributed by atoms with Crippen LogP contribution in [0.2, 0.25) is 5.02 Å². The molecule has 0 radical (unpaired) electrons. The molecular formula is C19H20ClN5O3. The number of aromatic nitrogens is 3. The number of rotatable bonds is 4. The van der Waals surface area contributed by atoms with E-state index in [9.17, 15) is 9.90 Å². The maximum absolute atomic E-state index is 11.3. The van der Waals surface area contributed by atoms with E-state index < -0.39 is 5.97 Å². The van der Waals surface area contributed by atoms with E-state index in [2.05, 4.69) is 31.8 Å². The summed E-state index contributed by atoms with van der Waals surface area (Å²) < 4.78 is 5.72. The number of aromatic carboxylic acids is 1. The molecule has 1 aromatic carbocycles. The van der Waals surface area contributed by atoms with Crippen LogP contribution in [0.4, 0.5) is 5.82 Å². The summed E-state index contributed by atoms with van der Waals surface area (Å²) in [5.74, 6) is 0.0917. The van der Waals surface area contributed by atoms with Crippen molar-refractivity contribution < 1.29 is 14.6 Å². The molecular weight excluding hydrogens is 382 g/mol. The lowest BCUT2D eigenvalue weighted by Crippen LogP contribution is -2.44. The van der Waals surface area contributed by atoms with Crippen molar-refractivity contribution in [1.29, 1.82) is 0 Å². The van der Waals surface area contributed by atoms with Crippen LogP contribution in [0.3, 0.4) is 0 Å². The van der Waals surface area contributed by atoms with Gasteiger partial charge < -0.3 is 24.6 Å². The quantitative estimate of drug-likeness (QED) is 0.693. The molecule has 3 aromatic rings. The van der Waals surface area contributed by atoms with Gasteiger partial charge in [-0.2, -0.15) is 4.98 Å². The molecule has 0 unspecified atom stereocenters. The van der Waals surface area contributed by atoms with Crippen LogP contribution in [0, 0.1) is 6.92 Å². The number of piperazine rings is 1. The minimum absolute atomic E-state index is 0.187. The lowest BCUT2D eigenvalue weighted by atomic mass is 10.1. The molecule has 0 atom stereocenters. The number of carbonyl (C=O) groups is 1. The van der Waals surface area contributed by atoms with Crippen LogP contribution in [0.5, 0.6) is 11.8 Å². The fourth-order valence-corrected chi connectivity index (χ4v) is 3.45. The van der Waals surface area contributed by atoms with Crippen molar-refractivity contribution in [3.63, 3.8) is 0 Å². The van der Waals surface area contributed by atoms with Crippen molar-refractivity contribution in [2.24, 2.45) is 0 Å². The first-order chi connectivity index (χ1) is 13.4. The number of hydrogen-bond acceptors (Lipinski definition) is 6. The van der Waals surface area contributed by atoms with Crippen molar-refractivity contribution in [2.45, 2.75) is 6.92 Å². The minimum Gasteiger partial charge on any atom is -0.478 e. The number of pyridine rings is 1. The molecule has 1 aliphatic rings. The molecule has 1 saturated heterocycles. The van der Waals surface area contributed by atoms with Gasteiger partial charge in [0.15, 0.2) is 5.65 Å². The Hall–Kier alpha value is -2.84. The van der Waals surface area contributed by atoms with Crippen LogP contribution in [0.1, 0.15) is 15.9 Å². The van der Waals surface area contributed by atoms with E-state index in [1.165, 1.54) is 6.07 Å². The van der Waals surface area contributed by atoms with Gasteiger partial charge in [-0.15, -0.1) is 0 Å². The number of ether oxygens (including phenoxy) is 1. The number of H-pyrrole nitrogens is 1. The molecule has 9 heteroatoms. The van der Waals surface area contributed by atoms with Crippen LogP contribution >= 0.6 is 11.6 Å². The van der Waals surface area contributed by atoms with Gasteiger partial charge in [0.25, 0.3) is 0 Å². The molecule has 4 rings (SSSR count). The Morgan fingerprint density at radius 3 is 2.68 bits per heavy atom. The van der Waals surface area contributed by atoms with Crippen molar-refractivity contribution in [3.05, 3.63) is 40.4 Å². The number of halogens is 1. The van der Waals surface area contributed by atoms with Gasteiger partial charge >= 0.3 is 12.0 Å². The summed E-state index contributed by atoms with van der Waals surface area (Å²) in [5.41, 5.74) is 2.00. The van der Waals surface area contributed by atoms with Gasteiger partial charge in [0, 0.05) is 26.2 Å². The normalized spacial score (nSPS) is 15.2. The number of imidazole rings is 1. The Balaban J connectivity index is 1.61. The number of nitrogens with one attached hydrogen (secondary N) is 1. The zero-order valence-electron chi connectivity index (χ0n) is 15.6. The highest BCUT2D eigenvalue weighted by molar-refractivity contribution is 6.33. The topological polar surface area (TPSA) is 94.6 Å². The zero-order chi connectivity index (χ0) is 19.8. The second kappa shape index (κ2) is 7.29. The molecule has 8 nitrogen and oxygen atoms in total. The highest BCUT2D eigenvalue weighted by atomic mass is 35.5. The average Bonchev–Trinajstić information content (AvgIpc) is 3.04. The molecule has 3 heterocycles. The second-order valence-electron chi connectivity index (χ2n) is 6.88. The smallest absolute Gasteiger partial charge is 0.336 e. The van der Waals surface area contributed by atoms with Gasteiger partial charge in [-0.05, 0) is 37.7 Å². The summed E-state index contributed by atoms with van der Waals surface area (Å²) in [6, 6.07) is 6.89. The Bertz CT molecular complexity index is 1040. The van der Waals surface area contributed by atoms with Gasteiger partial charge in [-0.1, -0.05) is 17.7 Å². The Morgan fingerprint density at radius 1 is 1.21 bits per heavy atom. The Kier molecular flexibility index (Phi) is 4.82. The number of carboxylic acids is 1. The highest BCUT2D eigenvalue weighted by Gasteiger charge is 2.20.